The molecule has 0 radical (unpaired) electrons. The molecule has 0 aliphatic rings. The second kappa shape index (κ2) is 7.56. The molecule has 0 fully saturated rings. The van der Waals surface area contributed by atoms with Gasteiger partial charge in [-0.05, 0) is 44.2 Å². The molecular formula is C23H19N5O. The van der Waals surface area contributed by atoms with Crippen LogP contribution in [0, 0.1) is 11.3 Å². The van der Waals surface area contributed by atoms with E-state index in [4.69, 9.17) is 10.2 Å². The molecule has 4 rings (SSSR count). The van der Waals surface area contributed by atoms with E-state index in [9.17, 15) is 4.79 Å². The molecule has 29 heavy (non-hydrogen) atoms. The van der Waals surface area contributed by atoms with E-state index in [1.165, 1.54) is 0 Å². The van der Waals surface area contributed by atoms with E-state index in [-0.39, 0.29) is 11.9 Å². The first-order chi connectivity index (χ1) is 14.1. The number of nitriles is 1. The van der Waals surface area contributed by atoms with Crippen LogP contribution in [0.4, 0.5) is 5.69 Å². The van der Waals surface area contributed by atoms with Crippen molar-refractivity contribution in [1.82, 2.24) is 14.8 Å². The Morgan fingerprint density at radius 2 is 1.83 bits per heavy atom. The van der Waals surface area contributed by atoms with E-state index >= 15 is 0 Å². The number of benzene rings is 2. The second-order valence-electron chi connectivity index (χ2n) is 6.98. The minimum absolute atomic E-state index is 0.112. The molecule has 142 valence electrons. The average molecular weight is 381 g/mol. The zero-order valence-electron chi connectivity index (χ0n) is 16.1. The van der Waals surface area contributed by atoms with Crippen LogP contribution in [0.1, 0.15) is 35.8 Å². The Hall–Kier alpha value is -3.98. The molecule has 0 saturated heterocycles. The molecule has 1 N–H and O–H groups in total. The van der Waals surface area contributed by atoms with E-state index in [2.05, 4.69) is 16.5 Å². The van der Waals surface area contributed by atoms with Gasteiger partial charge in [0.15, 0.2) is 5.65 Å². The number of nitrogens with one attached hydrogen (secondary N) is 1. The Morgan fingerprint density at radius 3 is 2.48 bits per heavy atom. The number of amides is 1. The largest absolute Gasteiger partial charge is 0.322 e. The molecule has 2 heterocycles. The molecule has 2 aromatic carbocycles. The quantitative estimate of drug-likeness (QED) is 0.550. The van der Waals surface area contributed by atoms with Gasteiger partial charge in [-0.25, -0.2) is 9.67 Å². The lowest BCUT2D eigenvalue weighted by atomic mass is 10.1. The third-order valence-corrected chi connectivity index (χ3v) is 4.64. The summed E-state index contributed by atoms with van der Waals surface area (Å²) < 4.78 is 1.82. The number of fused-ring (bicyclic) bond motifs is 1. The van der Waals surface area contributed by atoms with Crippen LogP contribution in [0.25, 0.3) is 22.3 Å². The maximum Gasteiger partial charge on any atom is 0.256 e. The van der Waals surface area contributed by atoms with Crippen molar-refractivity contribution in [3.05, 3.63) is 78.0 Å². The predicted molar refractivity (Wildman–Crippen MR) is 112 cm³/mol. The maximum atomic E-state index is 13.1. The lowest BCUT2D eigenvalue weighted by Crippen LogP contribution is -2.13. The number of hydrogen-bond acceptors (Lipinski definition) is 4. The van der Waals surface area contributed by atoms with Gasteiger partial charge in [-0.1, -0.05) is 30.3 Å². The summed E-state index contributed by atoms with van der Waals surface area (Å²) in [6.45, 7) is 4.06. The zero-order chi connectivity index (χ0) is 20.4. The van der Waals surface area contributed by atoms with E-state index < -0.39 is 0 Å². The first-order valence-corrected chi connectivity index (χ1v) is 9.32. The summed E-state index contributed by atoms with van der Waals surface area (Å²) in [5.74, 6) is -0.248. The van der Waals surface area contributed by atoms with Gasteiger partial charge in [-0.15, -0.1) is 0 Å². The van der Waals surface area contributed by atoms with Gasteiger partial charge in [-0.3, -0.25) is 4.79 Å². The van der Waals surface area contributed by atoms with E-state index in [1.807, 2.05) is 48.9 Å². The number of pyridine rings is 1. The molecule has 2 aromatic heterocycles. The van der Waals surface area contributed by atoms with Crippen molar-refractivity contribution in [2.75, 3.05) is 5.32 Å². The molecule has 0 atom stereocenters. The van der Waals surface area contributed by atoms with Gasteiger partial charge in [0.05, 0.1) is 34.5 Å². The Kier molecular flexibility index (Phi) is 4.80. The van der Waals surface area contributed by atoms with Gasteiger partial charge >= 0.3 is 0 Å². The summed E-state index contributed by atoms with van der Waals surface area (Å²) in [5, 5.41) is 17.0. The normalized spacial score (nSPS) is 10.8. The minimum atomic E-state index is -0.248. The zero-order valence-corrected chi connectivity index (χ0v) is 16.1. The summed E-state index contributed by atoms with van der Waals surface area (Å²) in [7, 11) is 0. The standard InChI is InChI=1S/C23H19N5O/c1-15(2)28-22-20(14-25-28)19(12-21(27-22)17-6-4-3-5-7-17)23(29)26-18-10-8-16(13-24)9-11-18/h3-12,14-15H,1-2H3,(H,26,29). The third kappa shape index (κ3) is 3.58. The summed E-state index contributed by atoms with van der Waals surface area (Å²) >= 11 is 0. The molecule has 6 heteroatoms. The minimum Gasteiger partial charge on any atom is -0.322 e. The first kappa shape index (κ1) is 18.4. The van der Waals surface area contributed by atoms with E-state index in [0.29, 0.717) is 33.5 Å². The topological polar surface area (TPSA) is 83.6 Å². The highest BCUT2D eigenvalue weighted by molar-refractivity contribution is 6.12. The highest BCUT2D eigenvalue weighted by Gasteiger charge is 2.18. The van der Waals surface area contributed by atoms with E-state index in [1.54, 1.807) is 36.5 Å². The van der Waals surface area contributed by atoms with Crippen molar-refractivity contribution in [3.8, 4) is 17.3 Å². The van der Waals surface area contributed by atoms with Gasteiger partial charge in [-0.2, -0.15) is 10.4 Å². The van der Waals surface area contributed by atoms with Crippen molar-refractivity contribution < 1.29 is 4.79 Å². The molecule has 0 spiro atoms. The Labute approximate surface area is 168 Å². The van der Waals surface area contributed by atoms with Gasteiger partial charge in [0, 0.05) is 17.3 Å². The molecule has 0 aliphatic carbocycles. The molecule has 0 aliphatic heterocycles. The van der Waals surface area contributed by atoms with Crippen LogP contribution in [-0.2, 0) is 0 Å². The second-order valence-corrected chi connectivity index (χ2v) is 6.98. The number of carbonyl (C=O) groups is 1. The molecule has 6 nitrogen and oxygen atoms in total. The van der Waals surface area contributed by atoms with Crippen molar-refractivity contribution in [2.24, 2.45) is 0 Å². The van der Waals surface area contributed by atoms with Crippen LogP contribution < -0.4 is 5.32 Å². The van der Waals surface area contributed by atoms with E-state index in [0.717, 1.165) is 5.56 Å². The lowest BCUT2D eigenvalue weighted by molar-refractivity contribution is 0.102. The average Bonchev–Trinajstić information content (AvgIpc) is 3.18. The summed E-state index contributed by atoms with van der Waals surface area (Å²) in [6, 6.07) is 20.5. The molecule has 0 unspecified atom stereocenters. The summed E-state index contributed by atoms with van der Waals surface area (Å²) in [6.07, 6.45) is 1.69. The van der Waals surface area contributed by atoms with Crippen LogP contribution in [0.2, 0.25) is 0 Å². The van der Waals surface area contributed by atoms with Gasteiger partial charge in [0.25, 0.3) is 5.91 Å². The van der Waals surface area contributed by atoms with Crippen LogP contribution in [0.5, 0.6) is 0 Å². The Balaban J connectivity index is 1.81. The van der Waals surface area contributed by atoms with Crippen molar-refractivity contribution in [2.45, 2.75) is 19.9 Å². The molecule has 0 bridgehead atoms. The highest BCUT2D eigenvalue weighted by atomic mass is 16.1. The van der Waals surface area contributed by atoms with Crippen LogP contribution in [0.3, 0.4) is 0 Å². The first-order valence-electron chi connectivity index (χ1n) is 9.32. The summed E-state index contributed by atoms with van der Waals surface area (Å²) in [5.41, 5.74) is 3.98. The molecular weight excluding hydrogens is 362 g/mol. The van der Waals surface area contributed by atoms with Crippen LogP contribution >= 0.6 is 0 Å². The smallest absolute Gasteiger partial charge is 0.256 e. The maximum absolute atomic E-state index is 13.1. The number of hydrogen-bond donors (Lipinski definition) is 1. The number of anilines is 1. The number of rotatable bonds is 4. The van der Waals surface area contributed by atoms with Crippen molar-refractivity contribution in [3.63, 3.8) is 0 Å². The lowest BCUT2D eigenvalue weighted by Gasteiger charge is -2.11. The molecule has 0 saturated carbocycles. The highest BCUT2D eigenvalue weighted by Crippen LogP contribution is 2.27. The van der Waals surface area contributed by atoms with Crippen molar-refractivity contribution in [1.29, 1.82) is 5.26 Å². The Morgan fingerprint density at radius 1 is 1.10 bits per heavy atom. The molecule has 1 amide bonds. The fourth-order valence-corrected chi connectivity index (χ4v) is 3.17. The third-order valence-electron chi connectivity index (χ3n) is 4.64. The number of nitrogens with zero attached hydrogens (tertiary/aromatic N) is 4. The SMILES string of the molecule is CC(C)n1ncc2c(C(=O)Nc3ccc(C#N)cc3)cc(-c3ccccc3)nc21. The van der Waals surface area contributed by atoms with Gasteiger partial charge in [0.2, 0.25) is 0 Å². The number of carbonyl (C=O) groups excluding carboxylic acids is 1. The van der Waals surface area contributed by atoms with Crippen molar-refractivity contribution >= 4 is 22.6 Å². The summed E-state index contributed by atoms with van der Waals surface area (Å²) in [4.78, 5) is 17.9. The van der Waals surface area contributed by atoms with Crippen LogP contribution in [-0.4, -0.2) is 20.7 Å². The fraction of sp³-hybridized carbons (Fsp3) is 0.130. The number of aromatic nitrogens is 3. The monoisotopic (exact) mass is 381 g/mol. The Bertz CT molecular complexity index is 1220. The van der Waals surface area contributed by atoms with Crippen LogP contribution in [0.15, 0.2) is 66.9 Å². The fourth-order valence-electron chi connectivity index (χ4n) is 3.17. The van der Waals surface area contributed by atoms with Gasteiger partial charge < -0.3 is 5.32 Å². The van der Waals surface area contributed by atoms with Gasteiger partial charge in [0.1, 0.15) is 0 Å². The molecule has 4 aromatic rings. The predicted octanol–water partition coefficient (Wildman–Crippen LogP) is 4.80.